The molecule has 1 aliphatic rings. The molecule has 2 aromatic rings. The van der Waals surface area contributed by atoms with Crippen molar-refractivity contribution in [2.24, 2.45) is 5.92 Å². The molecule has 1 saturated heterocycles. The fourth-order valence-corrected chi connectivity index (χ4v) is 2.70. The first-order valence-electron chi connectivity index (χ1n) is 7.75. The summed E-state index contributed by atoms with van der Waals surface area (Å²) in [6, 6.07) is 0.0170. The Labute approximate surface area is 130 Å². The summed E-state index contributed by atoms with van der Waals surface area (Å²) in [6.45, 7) is 10.1. The number of aryl methyl sites for hydroxylation is 1. The maximum absolute atomic E-state index is 5.58. The Morgan fingerprint density at radius 3 is 3.00 bits per heavy atom. The van der Waals surface area contributed by atoms with Gasteiger partial charge in [-0.3, -0.25) is 9.58 Å². The summed E-state index contributed by atoms with van der Waals surface area (Å²) in [4.78, 5) is 6.66. The molecule has 3 rings (SSSR count). The molecule has 0 radical (unpaired) electrons. The van der Waals surface area contributed by atoms with Gasteiger partial charge < -0.3 is 9.26 Å². The van der Waals surface area contributed by atoms with Crippen LogP contribution in [-0.4, -0.2) is 44.6 Å². The first-order chi connectivity index (χ1) is 10.6. The molecule has 7 heteroatoms. The average Bonchev–Trinajstić information content (AvgIpc) is 3.08. The van der Waals surface area contributed by atoms with Crippen molar-refractivity contribution in [2.75, 3.05) is 19.8 Å². The minimum absolute atomic E-state index is 0.0170. The van der Waals surface area contributed by atoms with E-state index in [9.17, 15) is 0 Å². The van der Waals surface area contributed by atoms with Gasteiger partial charge in [-0.1, -0.05) is 19.0 Å². The maximum Gasteiger partial charge on any atom is 0.246 e. The molecule has 7 nitrogen and oxygen atoms in total. The first kappa shape index (κ1) is 15.2. The number of morpholine rings is 1. The van der Waals surface area contributed by atoms with Crippen LogP contribution in [0.2, 0.25) is 0 Å². The minimum Gasteiger partial charge on any atom is -0.378 e. The van der Waals surface area contributed by atoms with Gasteiger partial charge in [0.2, 0.25) is 5.89 Å². The Kier molecular flexibility index (Phi) is 4.54. The molecule has 1 atom stereocenters. The summed E-state index contributed by atoms with van der Waals surface area (Å²) >= 11 is 0. The van der Waals surface area contributed by atoms with E-state index in [2.05, 4.69) is 40.2 Å². The van der Waals surface area contributed by atoms with E-state index in [0.29, 0.717) is 24.2 Å². The molecule has 2 aromatic heterocycles. The molecule has 0 unspecified atom stereocenters. The van der Waals surface area contributed by atoms with Gasteiger partial charge in [-0.15, -0.1) is 0 Å². The third kappa shape index (κ3) is 3.53. The predicted octanol–water partition coefficient (Wildman–Crippen LogP) is 1.80. The number of ether oxygens (including phenoxy) is 1. The number of nitrogens with zero attached hydrogens (tertiary/aromatic N) is 5. The number of hydrogen-bond donors (Lipinski definition) is 0. The third-order valence-electron chi connectivity index (χ3n) is 3.69. The van der Waals surface area contributed by atoms with E-state index in [0.717, 1.165) is 26.2 Å². The summed E-state index contributed by atoms with van der Waals surface area (Å²) < 4.78 is 12.9. The van der Waals surface area contributed by atoms with Crippen molar-refractivity contribution < 1.29 is 9.26 Å². The topological polar surface area (TPSA) is 69.2 Å². The van der Waals surface area contributed by atoms with E-state index in [1.54, 1.807) is 0 Å². The lowest BCUT2D eigenvalue weighted by molar-refractivity contribution is -0.0241. The molecule has 0 aliphatic carbocycles. The molecule has 120 valence electrons. The first-order valence-corrected chi connectivity index (χ1v) is 7.75. The normalized spacial score (nSPS) is 19.9. The molecule has 0 aromatic carbocycles. The predicted molar refractivity (Wildman–Crippen MR) is 80.1 cm³/mol. The molecular weight excluding hydrogens is 282 g/mol. The molecule has 0 saturated carbocycles. The van der Waals surface area contributed by atoms with Gasteiger partial charge in [0, 0.05) is 31.4 Å². The monoisotopic (exact) mass is 305 g/mol. The SMILES string of the molecule is Cc1noc([C@@H]2COCCN2Cc2cnn(CC(C)C)c2)n1. The van der Waals surface area contributed by atoms with Crippen LogP contribution in [0.25, 0.3) is 0 Å². The summed E-state index contributed by atoms with van der Waals surface area (Å²) in [6.07, 6.45) is 4.06. The smallest absolute Gasteiger partial charge is 0.246 e. The molecule has 1 fully saturated rings. The van der Waals surface area contributed by atoms with E-state index in [1.807, 2.05) is 17.8 Å². The van der Waals surface area contributed by atoms with Gasteiger partial charge in [0.25, 0.3) is 0 Å². The van der Waals surface area contributed by atoms with E-state index >= 15 is 0 Å². The van der Waals surface area contributed by atoms with Crippen LogP contribution in [-0.2, 0) is 17.8 Å². The van der Waals surface area contributed by atoms with Gasteiger partial charge >= 0.3 is 0 Å². The van der Waals surface area contributed by atoms with E-state index in [-0.39, 0.29) is 6.04 Å². The van der Waals surface area contributed by atoms with Crippen LogP contribution in [0.1, 0.15) is 37.2 Å². The molecular formula is C15H23N5O2. The Balaban J connectivity index is 1.70. The van der Waals surface area contributed by atoms with Crippen molar-refractivity contribution >= 4 is 0 Å². The molecule has 0 amide bonds. The highest BCUT2D eigenvalue weighted by molar-refractivity contribution is 5.06. The lowest BCUT2D eigenvalue weighted by Gasteiger charge is -2.32. The largest absolute Gasteiger partial charge is 0.378 e. The number of rotatable bonds is 5. The standard InChI is InChI=1S/C15H23N5O2/c1-11(2)7-20-9-13(6-16-20)8-19-4-5-21-10-14(19)15-17-12(3)18-22-15/h6,9,11,14H,4-5,7-8,10H2,1-3H3/t14-/m0/s1. The van der Waals surface area contributed by atoms with Gasteiger partial charge in [-0.25, -0.2) is 0 Å². The highest BCUT2D eigenvalue weighted by Crippen LogP contribution is 2.24. The Morgan fingerprint density at radius 2 is 2.27 bits per heavy atom. The fraction of sp³-hybridized carbons (Fsp3) is 0.667. The Bertz CT molecular complexity index is 607. The van der Waals surface area contributed by atoms with Crippen LogP contribution in [0.15, 0.2) is 16.9 Å². The lowest BCUT2D eigenvalue weighted by Crippen LogP contribution is -2.39. The minimum atomic E-state index is 0.0170. The van der Waals surface area contributed by atoms with Gasteiger partial charge in [-0.2, -0.15) is 10.1 Å². The Morgan fingerprint density at radius 1 is 1.41 bits per heavy atom. The zero-order valence-corrected chi connectivity index (χ0v) is 13.4. The molecule has 0 N–H and O–H groups in total. The lowest BCUT2D eigenvalue weighted by atomic mass is 10.2. The van der Waals surface area contributed by atoms with Crippen molar-refractivity contribution in [3.8, 4) is 0 Å². The third-order valence-corrected chi connectivity index (χ3v) is 3.69. The molecule has 1 aliphatic heterocycles. The number of aromatic nitrogens is 4. The van der Waals surface area contributed by atoms with E-state index < -0.39 is 0 Å². The van der Waals surface area contributed by atoms with Crippen molar-refractivity contribution in [3.05, 3.63) is 29.7 Å². The van der Waals surface area contributed by atoms with Crippen LogP contribution in [0, 0.1) is 12.8 Å². The van der Waals surface area contributed by atoms with Crippen molar-refractivity contribution in [3.63, 3.8) is 0 Å². The Hall–Kier alpha value is -1.73. The van der Waals surface area contributed by atoms with Gasteiger partial charge in [0.1, 0.15) is 6.04 Å². The van der Waals surface area contributed by atoms with Crippen LogP contribution in [0.4, 0.5) is 0 Å². The highest BCUT2D eigenvalue weighted by Gasteiger charge is 2.29. The van der Waals surface area contributed by atoms with Gasteiger partial charge in [0.15, 0.2) is 5.82 Å². The second kappa shape index (κ2) is 6.58. The summed E-state index contributed by atoms with van der Waals surface area (Å²) in [5.41, 5.74) is 1.20. The zero-order chi connectivity index (χ0) is 15.5. The van der Waals surface area contributed by atoms with E-state index in [1.165, 1.54) is 5.56 Å². The molecule has 3 heterocycles. The average molecular weight is 305 g/mol. The summed E-state index contributed by atoms with van der Waals surface area (Å²) in [5.74, 6) is 1.88. The fourth-order valence-electron chi connectivity index (χ4n) is 2.70. The quantitative estimate of drug-likeness (QED) is 0.839. The van der Waals surface area contributed by atoms with Crippen LogP contribution >= 0.6 is 0 Å². The summed E-state index contributed by atoms with van der Waals surface area (Å²) in [5, 5.41) is 8.32. The van der Waals surface area contributed by atoms with Crippen molar-refractivity contribution in [1.29, 1.82) is 0 Å². The molecule has 0 spiro atoms. The highest BCUT2D eigenvalue weighted by atomic mass is 16.5. The number of hydrogen-bond acceptors (Lipinski definition) is 6. The second-order valence-electron chi connectivity index (χ2n) is 6.21. The van der Waals surface area contributed by atoms with Crippen LogP contribution < -0.4 is 0 Å². The second-order valence-corrected chi connectivity index (χ2v) is 6.21. The van der Waals surface area contributed by atoms with Crippen molar-refractivity contribution in [2.45, 2.75) is 39.9 Å². The van der Waals surface area contributed by atoms with Crippen LogP contribution in [0.5, 0.6) is 0 Å². The van der Waals surface area contributed by atoms with Gasteiger partial charge in [-0.05, 0) is 12.8 Å². The molecule has 22 heavy (non-hydrogen) atoms. The van der Waals surface area contributed by atoms with Crippen molar-refractivity contribution in [1.82, 2.24) is 24.8 Å². The van der Waals surface area contributed by atoms with E-state index in [4.69, 9.17) is 9.26 Å². The van der Waals surface area contributed by atoms with Gasteiger partial charge in [0.05, 0.1) is 19.4 Å². The van der Waals surface area contributed by atoms with Crippen LogP contribution in [0.3, 0.4) is 0 Å². The summed E-state index contributed by atoms with van der Waals surface area (Å²) in [7, 11) is 0. The molecule has 0 bridgehead atoms. The maximum atomic E-state index is 5.58. The zero-order valence-electron chi connectivity index (χ0n) is 13.4.